The van der Waals surface area contributed by atoms with Gasteiger partial charge in [0.1, 0.15) is 11.3 Å². The second-order valence-electron chi connectivity index (χ2n) is 6.51. The largest absolute Gasteiger partial charge is 0.478 e. The van der Waals surface area contributed by atoms with Crippen molar-refractivity contribution in [1.82, 2.24) is 14.9 Å². The zero-order chi connectivity index (χ0) is 19.0. The van der Waals surface area contributed by atoms with Gasteiger partial charge in [-0.05, 0) is 44.4 Å². The van der Waals surface area contributed by atoms with Crippen molar-refractivity contribution in [1.29, 1.82) is 0 Å². The molecule has 1 aromatic carbocycles. The molecule has 1 aliphatic rings. The van der Waals surface area contributed by atoms with Crippen LogP contribution in [0.5, 0.6) is 0 Å². The number of carbonyl (C=O) groups is 2. The maximum Gasteiger partial charge on any atom is 0.339 e. The minimum Gasteiger partial charge on any atom is -0.478 e. The molecule has 138 valence electrons. The maximum atomic E-state index is 12.6. The predicted molar refractivity (Wildman–Crippen MR) is 96.4 cm³/mol. The zero-order valence-electron chi connectivity index (χ0n) is 14.7. The van der Waals surface area contributed by atoms with E-state index in [-0.39, 0.29) is 11.5 Å². The summed E-state index contributed by atoms with van der Waals surface area (Å²) in [6, 6.07) is 7.05. The number of nitrogens with zero attached hydrogens (tertiary/aromatic N) is 3. The molecule has 2 heterocycles. The van der Waals surface area contributed by atoms with Gasteiger partial charge in [0, 0.05) is 17.7 Å². The molecule has 0 saturated heterocycles. The van der Waals surface area contributed by atoms with Gasteiger partial charge >= 0.3 is 5.97 Å². The van der Waals surface area contributed by atoms with Crippen molar-refractivity contribution < 1.29 is 19.2 Å². The quantitative estimate of drug-likeness (QED) is 0.734. The summed E-state index contributed by atoms with van der Waals surface area (Å²) < 4.78 is 6.82. The first kappa shape index (κ1) is 17.0. The highest BCUT2D eigenvalue weighted by atomic mass is 16.5. The normalized spacial score (nSPS) is 13.2. The summed E-state index contributed by atoms with van der Waals surface area (Å²) in [5, 5.41) is 20.1. The van der Waals surface area contributed by atoms with E-state index in [2.05, 4.69) is 15.6 Å². The smallest absolute Gasteiger partial charge is 0.339 e. The SMILES string of the molecule is Cc1c(C(=O)O)cnn1-c1cccc(NC(=O)c2noc3c2CCCC3)c1. The fourth-order valence-corrected chi connectivity index (χ4v) is 3.35. The minimum atomic E-state index is -1.03. The summed E-state index contributed by atoms with van der Waals surface area (Å²) in [6.07, 6.45) is 4.99. The summed E-state index contributed by atoms with van der Waals surface area (Å²) in [5.74, 6) is -0.546. The number of carboxylic acids is 1. The van der Waals surface area contributed by atoms with Crippen LogP contribution < -0.4 is 5.32 Å². The van der Waals surface area contributed by atoms with Gasteiger partial charge in [0.2, 0.25) is 0 Å². The number of amides is 1. The Hall–Kier alpha value is -3.42. The Morgan fingerprint density at radius 3 is 2.85 bits per heavy atom. The lowest BCUT2D eigenvalue weighted by molar-refractivity contribution is 0.0696. The third kappa shape index (κ3) is 3.10. The van der Waals surface area contributed by atoms with Gasteiger partial charge in [-0.15, -0.1) is 0 Å². The number of aryl methyl sites for hydroxylation is 1. The molecule has 3 aromatic rings. The first-order valence-electron chi connectivity index (χ1n) is 8.71. The molecule has 0 saturated carbocycles. The highest BCUT2D eigenvalue weighted by Gasteiger charge is 2.24. The van der Waals surface area contributed by atoms with Gasteiger partial charge in [0.15, 0.2) is 5.69 Å². The average molecular weight is 366 g/mol. The Morgan fingerprint density at radius 1 is 1.26 bits per heavy atom. The number of benzene rings is 1. The van der Waals surface area contributed by atoms with Gasteiger partial charge in [-0.25, -0.2) is 9.48 Å². The zero-order valence-corrected chi connectivity index (χ0v) is 14.7. The van der Waals surface area contributed by atoms with Crippen molar-refractivity contribution in [3.63, 3.8) is 0 Å². The van der Waals surface area contributed by atoms with Crippen LogP contribution >= 0.6 is 0 Å². The van der Waals surface area contributed by atoms with Crippen LogP contribution in [0, 0.1) is 6.92 Å². The van der Waals surface area contributed by atoms with Gasteiger partial charge in [-0.3, -0.25) is 4.79 Å². The van der Waals surface area contributed by atoms with E-state index in [1.165, 1.54) is 10.9 Å². The number of carbonyl (C=O) groups excluding carboxylic acids is 1. The molecule has 0 bridgehead atoms. The number of carboxylic acid groups (broad SMARTS) is 1. The van der Waals surface area contributed by atoms with Gasteiger partial charge in [0.25, 0.3) is 5.91 Å². The van der Waals surface area contributed by atoms with Gasteiger partial charge in [0.05, 0.1) is 17.6 Å². The maximum absolute atomic E-state index is 12.6. The molecule has 8 heteroatoms. The molecule has 0 fully saturated rings. The number of aromatic nitrogens is 3. The number of anilines is 1. The average Bonchev–Trinajstić information content (AvgIpc) is 3.25. The van der Waals surface area contributed by atoms with Crippen molar-refractivity contribution in [3.8, 4) is 5.69 Å². The second-order valence-corrected chi connectivity index (χ2v) is 6.51. The van der Waals surface area contributed by atoms with E-state index in [0.717, 1.165) is 37.0 Å². The van der Waals surface area contributed by atoms with Crippen molar-refractivity contribution in [2.45, 2.75) is 32.6 Å². The molecular formula is C19H18N4O4. The fraction of sp³-hybridized carbons (Fsp3) is 0.263. The lowest BCUT2D eigenvalue weighted by Crippen LogP contribution is -2.16. The van der Waals surface area contributed by atoms with Crippen molar-refractivity contribution in [3.05, 3.63) is 58.7 Å². The first-order chi connectivity index (χ1) is 13.0. The molecule has 2 N–H and O–H groups in total. The van der Waals surface area contributed by atoms with E-state index in [1.54, 1.807) is 31.2 Å². The van der Waals surface area contributed by atoms with E-state index in [1.807, 2.05) is 0 Å². The van der Waals surface area contributed by atoms with E-state index >= 15 is 0 Å². The number of hydrogen-bond acceptors (Lipinski definition) is 5. The molecule has 0 spiro atoms. The fourth-order valence-electron chi connectivity index (χ4n) is 3.35. The van der Waals surface area contributed by atoms with E-state index in [0.29, 0.717) is 22.8 Å². The molecule has 4 rings (SSSR count). The minimum absolute atomic E-state index is 0.138. The summed E-state index contributed by atoms with van der Waals surface area (Å²) >= 11 is 0. The van der Waals surface area contributed by atoms with Crippen molar-refractivity contribution >= 4 is 17.6 Å². The van der Waals surface area contributed by atoms with E-state index in [4.69, 9.17) is 4.52 Å². The third-order valence-corrected chi connectivity index (χ3v) is 4.75. The monoisotopic (exact) mass is 366 g/mol. The molecule has 1 aliphatic carbocycles. The van der Waals surface area contributed by atoms with Crippen LogP contribution in [-0.4, -0.2) is 31.9 Å². The standard InChI is InChI=1S/C19H18N4O4/c1-11-15(19(25)26)10-20-23(11)13-6-4-5-12(9-13)21-18(24)17-14-7-2-3-8-16(14)27-22-17/h4-6,9-10H,2-3,7-8H2,1H3,(H,21,24)(H,25,26). The molecule has 0 unspecified atom stereocenters. The van der Waals surface area contributed by atoms with Crippen LogP contribution in [0.3, 0.4) is 0 Å². The number of nitrogens with one attached hydrogen (secondary N) is 1. The van der Waals surface area contributed by atoms with Crippen LogP contribution in [0.4, 0.5) is 5.69 Å². The summed E-state index contributed by atoms with van der Waals surface area (Å²) in [6.45, 7) is 1.68. The van der Waals surface area contributed by atoms with Crippen LogP contribution in [-0.2, 0) is 12.8 Å². The third-order valence-electron chi connectivity index (χ3n) is 4.75. The molecule has 2 aromatic heterocycles. The van der Waals surface area contributed by atoms with E-state index in [9.17, 15) is 14.7 Å². The lowest BCUT2D eigenvalue weighted by atomic mass is 9.96. The topological polar surface area (TPSA) is 110 Å². The highest BCUT2D eigenvalue weighted by molar-refractivity contribution is 6.04. The summed E-state index contributed by atoms with van der Waals surface area (Å²) in [5.41, 5.74) is 3.09. The van der Waals surface area contributed by atoms with E-state index < -0.39 is 5.97 Å². The van der Waals surface area contributed by atoms with Crippen LogP contribution in [0.2, 0.25) is 0 Å². The summed E-state index contributed by atoms with van der Waals surface area (Å²) in [4.78, 5) is 23.8. The Labute approximate surface area is 154 Å². The Morgan fingerprint density at radius 2 is 2.07 bits per heavy atom. The Kier molecular flexibility index (Phi) is 4.23. The molecule has 1 amide bonds. The van der Waals surface area contributed by atoms with Gasteiger partial charge < -0.3 is 14.9 Å². The molecule has 27 heavy (non-hydrogen) atoms. The van der Waals surface area contributed by atoms with Crippen molar-refractivity contribution in [2.24, 2.45) is 0 Å². The molecular weight excluding hydrogens is 348 g/mol. The number of hydrogen-bond donors (Lipinski definition) is 2. The van der Waals surface area contributed by atoms with Crippen LogP contribution in [0.15, 0.2) is 35.0 Å². The molecule has 8 nitrogen and oxygen atoms in total. The van der Waals surface area contributed by atoms with Crippen LogP contribution in [0.25, 0.3) is 5.69 Å². The van der Waals surface area contributed by atoms with Gasteiger partial charge in [-0.1, -0.05) is 11.2 Å². The molecule has 0 aliphatic heterocycles. The van der Waals surface area contributed by atoms with Crippen LogP contribution in [0.1, 0.15) is 50.7 Å². The summed E-state index contributed by atoms with van der Waals surface area (Å²) in [7, 11) is 0. The second kappa shape index (κ2) is 6.71. The Balaban J connectivity index is 1.59. The van der Waals surface area contributed by atoms with Gasteiger partial charge in [-0.2, -0.15) is 5.10 Å². The lowest BCUT2D eigenvalue weighted by Gasteiger charge is -2.10. The molecule has 0 atom stereocenters. The number of aromatic carboxylic acids is 1. The number of fused-ring (bicyclic) bond motifs is 1. The Bertz CT molecular complexity index is 1030. The van der Waals surface area contributed by atoms with Crippen molar-refractivity contribution in [2.75, 3.05) is 5.32 Å². The number of rotatable bonds is 4. The predicted octanol–water partition coefficient (Wildman–Crippen LogP) is 3.00. The molecule has 0 radical (unpaired) electrons. The first-order valence-corrected chi connectivity index (χ1v) is 8.71. The highest BCUT2D eigenvalue weighted by Crippen LogP contribution is 2.25.